The number of carboxylic acid groups (broad SMARTS) is 1. The Morgan fingerprint density at radius 1 is 1.14 bits per heavy atom. The molecule has 0 aliphatic heterocycles. The Balaban J connectivity index is 2.21. The third-order valence-corrected chi connectivity index (χ3v) is 3.00. The van der Waals surface area contributed by atoms with Crippen LogP contribution in [-0.2, 0) is 0 Å². The lowest BCUT2D eigenvalue weighted by Gasteiger charge is -2.08. The van der Waals surface area contributed by atoms with Crippen molar-refractivity contribution in [2.45, 2.75) is 6.92 Å². The molecule has 106 valence electrons. The Hall–Kier alpha value is -2.95. The van der Waals surface area contributed by atoms with Gasteiger partial charge in [-0.2, -0.15) is 0 Å². The molecule has 0 aliphatic rings. The first-order chi connectivity index (χ1) is 10.0. The molecule has 0 unspecified atom stereocenters. The summed E-state index contributed by atoms with van der Waals surface area (Å²) in [4.78, 5) is 33.7. The van der Waals surface area contributed by atoms with Crippen molar-refractivity contribution in [3.63, 3.8) is 0 Å². The smallest absolute Gasteiger partial charge is 0.335 e. The molecular formula is C16H13NO4. The Bertz CT molecular complexity index is 722. The van der Waals surface area contributed by atoms with Crippen LogP contribution in [0.15, 0.2) is 42.5 Å². The molecule has 2 aromatic carbocycles. The van der Waals surface area contributed by atoms with Crippen molar-refractivity contribution in [2.75, 3.05) is 5.32 Å². The number of benzene rings is 2. The fourth-order valence-corrected chi connectivity index (χ4v) is 1.94. The van der Waals surface area contributed by atoms with Crippen LogP contribution < -0.4 is 5.32 Å². The second-order valence-electron chi connectivity index (χ2n) is 4.53. The van der Waals surface area contributed by atoms with Crippen LogP contribution in [0.1, 0.15) is 36.6 Å². The number of hydrogen-bond acceptors (Lipinski definition) is 3. The zero-order valence-electron chi connectivity index (χ0n) is 11.3. The maximum atomic E-state index is 12.1. The van der Waals surface area contributed by atoms with Gasteiger partial charge in [-0.3, -0.25) is 9.59 Å². The van der Waals surface area contributed by atoms with E-state index < -0.39 is 5.97 Å². The van der Waals surface area contributed by atoms with Crippen LogP contribution >= 0.6 is 0 Å². The maximum absolute atomic E-state index is 12.1. The van der Waals surface area contributed by atoms with Gasteiger partial charge in [0.15, 0.2) is 0 Å². The summed E-state index contributed by atoms with van der Waals surface area (Å²) < 4.78 is 0. The van der Waals surface area contributed by atoms with E-state index >= 15 is 0 Å². The van der Waals surface area contributed by atoms with Gasteiger partial charge < -0.3 is 10.4 Å². The molecule has 2 aromatic rings. The predicted octanol–water partition coefficient (Wildman–Crippen LogP) is 2.76. The van der Waals surface area contributed by atoms with Gasteiger partial charge in [-0.1, -0.05) is 12.1 Å². The number of aryl methyl sites for hydroxylation is 1. The first-order valence-electron chi connectivity index (χ1n) is 6.22. The minimum Gasteiger partial charge on any atom is -0.478 e. The maximum Gasteiger partial charge on any atom is 0.335 e. The molecule has 2 N–H and O–H groups in total. The van der Waals surface area contributed by atoms with Gasteiger partial charge >= 0.3 is 5.97 Å². The molecule has 0 spiro atoms. The number of carbonyl (C=O) groups is 3. The van der Waals surface area contributed by atoms with E-state index in [0.717, 1.165) is 0 Å². The van der Waals surface area contributed by atoms with Crippen molar-refractivity contribution < 1.29 is 19.5 Å². The minimum absolute atomic E-state index is 0.191. The lowest BCUT2D eigenvalue weighted by atomic mass is 10.1. The van der Waals surface area contributed by atoms with Gasteiger partial charge in [0.1, 0.15) is 6.29 Å². The van der Waals surface area contributed by atoms with Crippen molar-refractivity contribution >= 4 is 23.9 Å². The molecule has 1 amide bonds. The second-order valence-corrected chi connectivity index (χ2v) is 4.53. The highest BCUT2D eigenvalue weighted by atomic mass is 16.4. The van der Waals surface area contributed by atoms with E-state index in [0.29, 0.717) is 28.7 Å². The van der Waals surface area contributed by atoms with Gasteiger partial charge in [0.25, 0.3) is 5.91 Å². The number of rotatable bonds is 4. The van der Waals surface area contributed by atoms with Crippen LogP contribution in [0.3, 0.4) is 0 Å². The SMILES string of the molecule is Cc1cc(NC(=O)c2cccc(C=O)c2)ccc1C(=O)O. The van der Waals surface area contributed by atoms with Crippen LogP contribution in [0.2, 0.25) is 0 Å². The Labute approximate surface area is 121 Å². The average molecular weight is 283 g/mol. The fourth-order valence-electron chi connectivity index (χ4n) is 1.94. The van der Waals surface area contributed by atoms with E-state index in [1.54, 1.807) is 31.2 Å². The van der Waals surface area contributed by atoms with E-state index in [-0.39, 0.29) is 11.5 Å². The number of anilines is 1. The fraction of sp³-hybridized carbons (Fsp3) is 0.0625. The van der Waals surface area contributed by atoms with Gasteiger partial charge in [-0.05, 0) is 42.8 Å². The molecule has 0 saturated heterocycles. The summed E-state index contributed by atoms with van der Waals surface area (Å²) in [5.74, 6) is -1.37. The Morgan fingerprint density at radius 3 is 2.52 bits per heavy atom. The van der Waals surface area contributed by atoms with Gasteiger partial charge in [0.2, 0.25) is 0 Å². The van der Waals surface area contributed by atoms with Crippen LogP contribution in [0, 0.1) is 6.92 Å². The summed E-state index contributed by atoms with van der Waals surface area (Å²) in [5, 5.41) is 11.6. The number of hydrogen-bond donors (Lipinski definition) is 2. The number of carbonyl (C=O) groups excluding carboxylic acids is 2. The first-order valence-corrected chi connectivity index (χ1v) is 6.22. The highest BCUT2D eigenvalue weighted by molar-refractivity contribution is 6.05. The summed E-state index contributed by atoms with van der Waals surface area (Å²) in [5.41, 5.74) is 2.02. The topological polar surface area (TPSA) is 83.5 Å². The molecule has 0 saturated carbocycles. The molecule has 0 fully saturated rings. The zero-order chi connectivity index (χ0) is 15.4. The lowest BCUT2D eigenvalue weighted by molar-refractivity contribution is 0.0696. The van der Waals surface area contributed by atoms with Crippen LogP contribution in [-0.4, -0.2) is 23.3 Å². The quantitative estimate of drug-likeness (QED) is 0.845. The molecule has 0 aliphatic carbocycles. The molecule has 0 heterocycles. The number of aromatic carboxylic acids is 1. The molecule has 0 atom stereocenters. The van der Waals surface area contributed by atoms with Crippen molar-refractivity contribution in [1.82, 2.24) is 0 Å². The normalized spacial score (nSPS) is 9.95. The average Bonchev–Trinajstić information content (AvgIpc) is 2.47. The standard InChI is InChI=1S/C16H13NO4/c1-10-7-13(5-6-14(10)16(20)21)17-15(19)12-4-2-3-11(8-12)9-18/h2-9H,1H3,(H,17,19)(H,20,21). The van der Waals surface area contributed by atoms with E-state index in [2.05, 4.69) is 5.32 Å². The molecule has 2 rings (SSSR count). The summed E-state index contributed by atoms with van der Waals surface area (Å²) in [6.07, 6.45) is 0.669. The van der Waals surface area contributed by atoms with Crippen LogP contribution in [0.25, 0.3) is 0 Å². The molecular weight excluding hydrogens is 270 g/mol. The molecule has 0 bridgehead atoms. The Morgan fingerprint density at radius 2 is 1.90 bits per heavy atom. The first kappa shape index (κ1) is 14.5. The van der Waals surface area contributed by atoms with Gasteiger partial charge in [0, 0.05) is 16.8 Å². The van der Waals surface area contributed by atoms with Gasteiger partial charge in [-0.25, -0.2) is 4.79 Å². The van der Waals surface area contributed by atoms with E-state index in [1.807, 2.05) is 0 Å². The molecule has 5 heteroatoms. The molecule has 0 aromatic heterocycles. The van der Waals surface area contributed by atoms with E-state index in [4.69, 9.17) is 5.11 Å². The summed E-state index contributed by atoms with van der Waals surface area (Å²) in [6.45, 7) is 1.66. The number of aldehydes is 1. The summed E-state index contributed by atoms with van der Waals surface area (Å²) in [6, 6.07) is 10.9. The number of amides is 1. The number of nitrogens with one attached hydrogen (secondary N) is 1. The van der Waals surface area contributed by atoms with Gasteiger partial charge in [0.05, 0.1) is 5.56 Å². The Kier molecular flexibility index (Phi) is 4.13. The third kappa shape index (κ3) is 3.33. The van der Waals surface area contributed by atoms with Crippen molar-refractivity contribution in [3.05, 3.63) is 64.7 Å². The predicted molar refractivity (Wildman–Crippen MR) is 77.9 cm³/mol. The van der Waals surface area contributed by atoms with Crippen molar-refractivity contribution in [1.29, 1.82) is 0 Å². The third-order valence-electron chi connectivity index (χ3n) is 3.00. The van der Waals surface area contributed by atoms with Gasteiger partial charge in [-0.15, -0.1) is 0 Å². The number of carboxylic acids is 1. The van der Waals surface area contributed by atoms with Crippen LogP contribution in [0.5, 0.6) is 0 Å². The molecule has 0 radical (unpaired) electrons. The van der Waals surface area contributed by atoms with Crippen molar-refractivity contribution in [2.24, 2.45) is 0 Å². The van der Waals surface area contributed by atoms with Crippen molar-refractivity contribution in [3.8, 4) is 0 Å². The van der Waals surface area contributed by atoms with E-state index in [1.165, 1.54) is 18.2 Å². The highest BCUT2D eigenvalue weighted by Crippen LogP contribution is 2.16. The summed E-state index contributed by atoms with van der Waals surface area (Å²) >= 11 is 0. The lowest BCUT2D eigenvalue weighted by Crippen LogP contribution is -2.12. The highest BCUT2D eigenvalue weighted by Gasteiger charge is 2.10. The zero-order valence-corrected chi connectivity index (χ0v) is 11.3. The van der Waals surface area contributed by atoms with Crippen LogP contribution in [0.4, 0.5) is 5.69 Å². The largest absolute Gasteiger partial charge is 0.478 e. The monoisotopic (exact) mass is 283 g/mol. The second kappa shape index (κ2) is 6.00. The summed E-state index contributed by atoms with van der Waals surface area (Å²) in [7, 11) is 0. The van der Waals surface area contributed by atoms with E-state index in [9.17, 15) is 14.4 Å². The molecule has 5 nitrogen and oxygen atoms in total. The minimum atomic E-state index is -1.01. The molecule has 21 heavy (non-hydrogen) atoms.